The molecule has 0 aliphatic carbocycles. The van der Waals surface area contributed by atoms with E-state index in [9.17, 15) is 18.0 Å². The van der Waals surface area contributed by atoms with Gasteiger partial charge in [-0.15, -0.1) is 0 Å². The van der Waals surface area contributed by atoms with Crippen LogP contribution in [0.4, 0.5) is 11.4 Å². The lowest BCUT2D eigenvalue weighted by Gasteiger charge is -2.28. The first kappa shape index (κ1) is 24.8. The summed E-state index contributed by atoms with van der Waals surface area (Å²) in [5.74, 6) is -0.447. The molecular formula is C24H29N5O5S. The van der Waals surface area contributed by atoms with Crippen LogP contribution in [0.5, 0.6) is 0 Å². The van der Waals surface area contributed by atoms with Gasteiger partial charge in [0, 0.05) is 26.2 Å². The maximum atomic E-state index is 13.2. The predicted octanol–water partition coefficient (Wildman–Crippen LogP) is 1.90. The van der Waals surface area contributed by atoms with Crippen molar-refractivity contribution in [1.29, 1.82) is 0 Å². The molecular weight excluding hydrogens is 470 g/mol. The summed E-state index contributed by atoms with van der Waals surface area (Å²) in [5.41, 5.74) is 1.83. The summed E-state index contributed by atoms with van der Waals surface area (Å²) in [6.07, 6.45) is 1.19. The zero-order valence-corrected chi connectivity index (χ0v) is 20.6. The van der Waals surface area contributed by atoms with Gasteiger partial charge in [0.05, 0.1) is 46.7 Å². The molecule has 1 amide bonds. The standard InChI is InChI=1S/C24H29N5O5S/c1-3-27(4-2)21-10-9-18(35(32,33)28-11-13-34-14-12-28)15-20(21)26-23(30)17-29-22-8-6-5-7-19(22)25-16-24(29)31/h5-10,15-16H,3-4,11-14,17H2,1-2H3,(H,26,30). The second-order valence-electron chi connectivity index (χ2n) is 8.09. The first-order chi connectivity index (χ1) is 16.8. The van der Waals surface area contributed by atoms with Crippen molar-refractivity contribution in [3.63, 3.8) is 0 Å². The normalized spacial score (nSPS) is 14.7. The van der Waals surface area contributed by atoms with Gasteiger partial charge in [0.2, 0.25) is 15.9 Å². The van der Waals surface area contributed by atoms with Crippen LogP contribution in [0.15, 0.2) is 58.4 Å². The van der Waals surface area contributed by atoms with Gasteiger partial charge in [-0.3, -0.25) is 14.2 Å². The largest absolute Gasteiger partial charge is 0.379 e. The van der Waals surface area contributed by atoms with Crippen LogP contribution in [0.3, 0.4) is 0 Å². The Morgan fingerprint density at radius 3 is 2.54 bits per heavy atom. The van der Waals surface area contributed by atoms with Crippen LogP contribution in [0, 0.1) is 0 Å². The van der Waals surface area contributed by atoms with E-state index in [0.717, 1.165) is 0 Å². The Morgan fingerprint density at radius 2 is 1.83 bits per heavy atom. The number of nitrogens with one attached hydrogen (secondary N) is 1. The molecule has 1 N–H and O–H groups in total. The van der Waals surface area contributed by atoms with Crippen molar-refractivity contribution in [2.24, 2.45) is 0 Å². The Hall–Kier alpha value is -3.28. The minimum Gasteiger partial charge on any atom is -0.379 e. The molecule has 0 unspecified atom stereocenters. The van der Waals surface area contributed by atoms with Crippen LogP contribution < -0.4 is 15.8 Å². The molecule has 4 rings (SSSR count). The van der Waals surface area contributed by atoms with Crippen molar-refractivity contribution in [3.05, 3.63) is 59.0 Å². The van der Waals surface area contributed by atoms with E-state index < -0.39 is 21.5 Å². The maximum absolute atomic E-state index is 13.2. The lowest BCUT2D eigenvalue weighted by Crippen LogP contribution is -2.40. The third-order valence-corrected chi connectivity index (χ3v) is 7.90. The zero-order chi connectivity index (χ0) is 25.0. The van der Waals surface area contributed by atoms with Crippen molar-refractivity contribution >= 4 is 38.3 Å². The number of nitrogens with zero attached hydrogens (tertiary/aromatic N) is 4. The Kier molecular flexibility index (Phi) is 7.48. The highest BCUT2D eigenvalue weighted by atomic mass is 32.2. The highest BCUT2D eigenvalue weighted by molar-refractivity contribution is 7.89. The highest BCUT2D eigenvalue weighted by Gasteiger charge is 2.27. The highest BCUT2D eigenvalue weighted by Crippen LogP contribution is 2.30. The number of ether oxygens (including phenoxy) is 1. The molecule has 1 aromatic heterocycles. The van der Waals surface area contributed by atoms with Crippen molar-refractivity contribution < 1.29 is 17.9 Å². The summed E-state index contributed by atoms with van der Waals surface area (Å²) < 4.78 is 34.5. The Labute approximate surface area is 204 Å². The lowest BCUT2D eigenvalue weighted by molar-refractivity contribution is -0.116. The van der Waals surface area contributed by atoms with Gasteiger partial charge in [-0.2, -0.15) is 4.31 Å². The monoisotopic (exact) mass is 499 g/mol. The number of sulfonamides is 1. The molecule has 2 heterocycles. The second-order valence-corrected chi connectivity index (χ2v) is 10.0. The van der Waals surface area contributed by atoms with E-state index in [4.69, 9.17) is 4.74 Å². The number of morpholine rings is 1. The second kappa shape index (κ2) is 10.5. The van der Waals surface area contributed by atoms with E-state index in [1.165, 1.54) is 21.1 Å². The summed E-state index contributed by atoms with van der Waals surface area (Å²) in [4.78, 5) is 31.8. The molecule has 10 nitrogen and oxygen atoms in total. The molecule has 2 aromatic carbocycles. The number of carbonyl (C=O) groups excluding carboxylic acids is 1. The smallest absolute Gasteiger partial charge is 0.269 e. The van der Waals surface area contributed by atoms with Gasteiger partial charge in [0.25, 0.3) is 5.56 Å². The number of hydrogen-bond acceptors (Lipinski definition) is 7. The molecule has 0 atom stereocenters. The van der Waals surface area contributed by atoms with Crippen LogP contribution in [0.25, 0.3) is 11.0 Å². The molecule has 1 aliphatic rings. The van der Waals surface area contributed by atoms with E-state index in [1.807, 2.05) is 18.7 Å². The van der Waals surface area contributed by atoms with E-state index in [1.54, 1.807) is 36.4 Å². The number of anilines is 2. The Balaban J connectivity index is 1.68. The number of rotatable bonds is 8. The number of fused-ring (bicyclic) bond motifs is 1. The molecule has 1 fully saturated rings. The molecule has 0 bridgehead atoms. The number of benzene rings is 2. The minimum atomic E-state index is -3.75. The van der Waals surface area contributed by atoms with Crippen molar-refractivity contribution in [3.8, 4) is 0 Å². The molecule has 0 spiro atoms. The first-order valence-electron chi connectivity index (χ1n) is 11.6. The molecule has 1 saturated heterocycles. The summed E-state index contributed by atoms with van der Waals surface area (Å²) in [6, 6.07) is 11.8. The topological polar surface area (TPSA) is 114 Å². The van der Waals surface area contributed by atoms with Crippen LogP contribution >= 0.6 is 0 Å². The van der Waals surface area contributed by atoms with Gasteiger partial charge in [0.15, 0.2) is 0 Å². The minimum absolute atomic E-state index is 0.0946. The van der Waals surface area contributed by atoms with E-state index in [2.05, 4.69) is 10.3 Å². The summed E-state index contributed by atoms with van der Waals surface area (Å²) in [5, 5.41) is 2.85. The van der Waals surface area contributed by atoms with E-state index in [-0.39, 0.29) is 24.5 Å². The van der Waals surface area contributed by atoms with Crippen LogP contribution in [-0.2, 0) is 26.1 Å². The molecule has 3 aromatic rings. The molecule has 35 heavy (non-hydrogen) atoms. The van der Waals surface area contributed by atoms with Gasteiger partial charge < -0.3 is 15.0 Å². The van der Waals surface area contributed by atoms with Crippen LogP contribution in [0.1, 0.15) is 13.8 Å². The summed E-state index contributed by atoms with van der Waals surface area (Å²) >= 11 is 0. The maximum Gasteiger partial charge on any atom is 0.269 e. The van der Waals surface area contributed by atoms with Gasteiger partial charge >= 0.3 is 0 Å². The fourth-order valence-corrected chi connectivity index (χ4v) is 5.60. The quantitative estimate of drug-likeness (QED) is 0.504. The van der Waals surface area contributed by atoms with Gasteiger partial charge in [-0.1, -0.05) is 12.1 Å². The Bertz CT molecular complexity index is 1380. The average Bonchev–Trinajstić information content (AvgIpc) is 2.87. The van der Waals surface area contributed by atoms with Gasteiger partial charge in [0.1, 0.15) is 6.54 Å². The number of aromatic nitrogens is 2. The van der Waals surface area contributed by atoms with Crippen molar-refractivity contribution in [2.45, 2.75) is 25.3 Å². The summed E-state index contributed by atoms with van der Waals surface area (Å²) in [7, 11) is -3.75. The van der Waals surface area contributed by atoms with Crippen molar-refractivity contribution in [2.75, 3.05) is 49.6 Å². The third kappa shape index (κ3) is 5.21. The lowest BCUT2D eigenvalue weighted by atomic mass is 10.2. The molecule has 0 radical (unpaired) electrons. The fourth-order valence-electron chi connectivity index (χ4n) is 4.16. The zero-order valence-electron chi connectivity index (χ0n) is 19.8. The predicted molar refractivity (Wildman–Crippen MR) is 134 cm³/mol. The third-order valence-electron chi connectivity index (χ3n) is 6.01. The van der Waals surface area contributed by atoms with Crippen LogP contribution in [-0.4, -0.2) is 67.6 Å². The molecule has 11 heteroatoms. The molecule has 1 aliphatic heterocycles. The summed E-state index contributed by atoms with van der Waals surface area (Å²) in [6.45, 7) is 6.31. The van der Waals surface area contributed by atoms with E-state index >= 15 is 0 Å². The number of para-hydroxylation sites is 2. The first-order valence-corrected chi connectivity index (χ1v) is 13.0. The fraction of sp³-hybridized carbons (Fsp3) is 0.375. The molecule has 186 valence electrons. The average molecular weight is 500 g/mol. The van der Waals surface area contributed by atoms with Crippen LogP contribution in [0.2, 0.25) is 0 Å². The van der Waals surface area contributed by atoms with Gasteiger partial charge in [-0.25, -0.2) is 13.4 Å². The SMILES string of the molecule is CCN(CC)c1ccc(S(=O)(=O)N2CCOCC2)cc1NC(=O)Cn1c(=O)cnc2ccccc21. The number of carbonyl (C=O) groups is 1. The van der Waals surface area contributed by atoms with Gasteiger partial charge in [-0.05, 0) is 44.2 Å². The number of hydrogen-bond donors (Lipinski definition) is 1. The Morgan fingerprint density at radius 1 is 1.11 bits per heavy atom. The van der Waals surface area contributed by atoms with Crippen molar-refractivity contribution in [1.82, 2.24) is 13.9 Å². The molecule has 0 saturated carbocycles. The van der Waals surface area contributed by atoms with E-state index in [0.29, 0.717) is 48.7 Å². The number of amides is 1.